The summed E-state index contributed by atoms with van der Waals surface area (Å²) in [6, 6.07) is 16.5. The average molecular weight is 478 g/mol. The number of ether oxygens (including phenoxy) is 1. The van der Waals surface area contributed by atoms with E-state index in [1.807, 2.05) is 52.8 Å². The van der Waals surface area contributed by atoms with Crippen LogP contribution in [0.25, 0.3) is 39.1 Å². The maximum absolute atomic E-state index is 9.29. The molecule has 36 heavy (non-hydrogen) atoms. The first-order chi connectivity index (χ1) is 17.6. The molecule has 1 aliphatic heterocycles. The Kier molecular flexibility index (Phi) is 5.62. The Hall–Kier alpha value is -4.22. The number of aromatic nitrogens is 5. The van der Waals surface area contributed by atoms with Gasteiger partial charge in [-0.25, -0.2) is 9.97 Å². The summed E-state index contributed by atoms with van der Waals surface area (Å²) in [5, 5.41) is 9.29. The Labute approximate surface area is 209 Å². The van der Waals surface area contributed by atoms with E-state index in [0.29, 0.717) is 24.1 Å². The van der Waals surface area contributed by atoms with Gasteiger partial charge in [0.2, 0.25) is 0 Å². The average Bonchev–Trinajstić information content (AvgIpc) is 3.54. The van der Waals surface area contributed by atoms with E-state index in [1.165, 1.54) is 6.42 Å². The van der Waals surface area contributed by atoms with E-state index < -0.39 is 0 Å². The number of fused-ring (bicyclic) bond motifs is 2. The molecule has 0 unspecified atom stereocenters. The van der Waals surface area contributed by atoms with E-state index in [1.54, 1.807) is 6.20 Å². The first kappa shape index (κ1) is 22.3. The SMILES string of the molecule is CN1CCC[C@@H](COc2nc(-c3ccc(C#N)cc3)c(-c3ccc4c(c3)ncn4C)c3nccn23)C1. The molecule has 0 amide bonds. The van der Waals surface area contributed by atoms with Crippen molar-refractivity contribution in [1.29, 1.82) is 5.26 Å². The monoisotopic (exact) mass is 477 g/mol. The van der Waals surface area contributed by atoms with Gasteiger partial charge in [0, 0.05) is 37.5 Å². The van der Waals surface area contributed by atoms with E-state index in [0.717, 1.165) is 58.6 Å². The van der Waals surface area contributed by atoms with E-state index >= 15 is 0 Å². The molecule has 4 heterocycles. The lowest BCUT2D eigenvalue weighted by atomic mass is 9.99. The number of aryl methyl sites for hydroxylation is 1. The highest BCUT2D eigenvalue weighted by Gasteiger charge is 2.22. The van der Waals surface area contributed by atoms with Gasteiger partial charge in [-0.15, -0.1) is 0 Å². The normalized spacial score (nSPS) is 16.4. The van der Waals surface area contributed by atoms with E-state index in [9.17, 15) is 5.26 Å². The van der Waals surface area contributed by atoms with Crippen molar-refractivity contribution in [3.8, 4) is 34.5 Å². The summed E-state index contributed by atoms with van der Waals surface area (Å²) < 4.78 is 10.3. The summed E-state index contributed by atoms with van der Waals surface area (Å²) in [5.74, 6) is 0.466. The predicted octanol–water partition coefficient (Wildman–Crippen LogP) is 4.54. The van der Waals surface area contributed by atoms with Crippen LogP contribution in [-0.4, -0.2) is 55.6 Å². The van der Waals surface area contributed by atoms with Gasteiger partial charge in [-0.1, -0.05) is 18.2 Å². The van der Waals surface area contributed by atoms with Gasteiger partial charge < -0.3 is 14.2 Å². The molecule has 0 N–H and O–H groups in total. The van der Waals surface area contributed by atoms with E-state index in [4.69, 9.17) is 14.7 Å². The standard InChI is InChI=1S/C28H27N7O/c1-33-12-3-4-20(16-33)17-36-28-32-26(21-7-5-19(15-29)6-8-21)25(27-30-11-13-35(27)28)22-9-10-24-23(14-22)31-18-34(24)2/h5-11,13-14,18,20H,3-4,12,16-17H2,1-2H3/t20-/m1/s1. The van der Waals surface area contributed by atoms with Crippen LogP contribution in [0, 0.1) is 17.2 Å². The van der Waals surface area contributed by atoms with Crippen LogP contribution in [0.5, 0.6) is 6.01 Å². The fourth-order valence-corrected chi connectivity index (χ4v) is 5.13. The Balaban J connectivity index is 1.49. The number of imidazole rings is 2. The third-order valence-electron chi connectivity index (χ3n) is 6.99. The fourth-order valence-electron chi connectivity index (χ4n) is 5.13. The molecular weight excluding hydrogens is 450 g/mol. The zero-order valence-electron chi connectivity index (χ0n) is 20.4. The van der Waals surface area contributed by atoms with Crippen LogP contribution >= 0.6 is 0 Å². The zero-order chi connectivity index (χ0) is 24.6. The maximum Gasteiger partial charge on any atom is 0.302 e. The lowest BCUT2D eigenvalue weighted by Crippen LogP contribution is -2.35. The van der Waals surface area contributed by atoms with Gasteiger partial charge >= 0.3 is 6.01 Å². The highest BCUT2D eigenvalue weighted by Crippen LogP contribution is 2.37. The maximum atomic E-state index is 9.29. The van der Waals surface area contributed by atoms with Crippen molar-refractivity contribution in [2.45, 2.75) is 12.8 Å². The number of hydrogen-bond donors (Lipinski definition) is 0. The quantitative estimate of drug-likeness (QED) is 0.369. The van der Waals surface area contributed by atoms with Crippen molar-refractivity contribution < 1.29 is 4.74 Å². The van der Waals surface area contributed by atoms with Gasteiger partial charge in [0.05, 0.1) is 46.9 Å². The molecule has 8 nitrogen and oxygen atoms in total. The highest BCUT2D eigenvalue weighted by molar-refractivity contribution is 5.93. The summed E-state index contributed by atoms with van der Waals surface area (Å²) in [5.41, 5.74) is 6.90. The fraction of sp³-hybridized carbons (Fsp3) is 0.286. The Bertz CT molecular complexity index is 1590. The molecule has 180 valence electrons. The number of rotatable bonds is 5. The summed E-state index contributed by atoms with van der Waals surface area (Å²) in [6.07, 6.45) is 7.84. The lowest BCUT2D eigenvalue weighted by Gasteiger charge is -2.29. The second kappa shape index (κ2) is 9.10. The molecule has 1 atom stereocenters. The molecule has 6 rings (SSSR count). The molecule has 0 saturated carbocycles. The van der Waals surface area contributed by atoms with Crippen LogP contribution in [-0.2, 0) is 7.05 Å². The third-order valence-corrected chi connectivity index (χ3v) is 6.99. The van der Waals surface area contributed by atoms with Crippen molar-refractivity contribution in [3.05, 3.63) is 66.7 Å². The summed E-state index contributed by atoms with van der Waals surface area (Å²) in [6.45, 7) is 2.77. The van der Waals surface area contributed by atoms with Crippen LogP contribution in [0.1, 0.15) is 18.4 Å². The van der Waals surface area contributed by atoms with Crippen LogP contribution in [0.4, 0.5) is 0 Å². The molecule has 2 aromatic carbocycles. The number of nitriles is 1. The molecule has 0 bridgehead atoms. The van der Waals surface area contributed by atoms with Gasteiger partial charge in [0.25, 0.3) is 0 Å². The summed E-state index contributed by atoms with van der Waals surface area (Å²) in [4.78, 5) is 16.7. The topological polar surface area (TPSA) is 84.3 Å². The number of hydrogen-bond acceptors (Lipinski definition) is 6. The van der Waals surface area contributed by atoms with Crippen LogP contribution in [0.3, 0.4) is 0 Å². The van der Waals surface area contributed by atoms with Crippen LogP contribution < -0.4 is 4.74 Å². The molecule has 0 radical (unpaired) electrons. The molecule has 1 fully saturated rings. The van der Waals surface area contributed by atoms with Crippen molar-refractivity contribution in [2.75, 3.05) is 26.7 Å². The minimum atomic E-state index is 0.466. The van der Waals surface area contributed by atoms with Crippen LogP contribution in [0.15, 0.2) is 61.2 Å². The molecule has 1 aliphatic rings. The molecule has 8 heteroatoms. The third kappa shape index (κ3) is 3.97. The van der Waals surface area contributed by atoms with E-state index in [-0.39, 0.29) is 0 Å². The first-order valence-corrected chi connectivity index (χ1v) is 12.2. The van der Waals surface area contributed by atoms with Gasteiger partial charge in [-0.3, -0.25) is 4.40 Å². The highest BCUT2D eigenvalue weighted by atomic mass is 16.5. The molecule has 1 saturated heterocycles. The van der Waals surface area contributed by atoms with Crippen molar-refractivity contribution in [1.82, 2.24) is 28.8 Å². The molecule has 0 aliphatic carbocycles. The van der Waals surface area contributed by atoms with Gasteiger partial charge in [-0.05, 0) is 56.3 Å². The van der Waals surface area contributed by atoms with Crippen molar-refractivity contribution >= 4 is 16.7 Å². The molecule has 5 aromatic rings. The van der Waals surface area contributed by atoms with Crippen LogP contribution in [0.2, 0.25) is 0 Å². The largest absolute Gasteiger partial charge is 0.464 e. The molecule has 3 aromatic heterocycles. The Morgan fingerprint density at radius 2 is 1.92 bits per heavy atom. The smallest absolute Gasteiger partial charge is 0.302 e. The predicted molar refractivity (Wildman–Crippen MR) is 139 cm³/mol. The van der Waals surface area contributed by atoms with Gasteiger partial charge in [0.1, 0.15) is 0 Å². The lowest BCUT2D eigenvalue weighted by molar-refractivity contribution is 0.143. The summed E-state index contributed by atoms with van der Waals surface area (Å²) >= 11 is 0. The second-order valence-corrected chi connectivity index (χ2v) is 9.57. The second-order valence-electron chi connectivity index (χ2n) is 9.57. The van der Waals surface area contributed by atoms with Crippen molar-refractivity contribution in [2.24, 2.45) is 13.0 Å². The van der Waals surface area contributed by atoms with Gasteiger partial charge in [-0.2, -0.15) is 10.2 Å². The minimum Gasteiger partial charge on any atom is -0.464 e. The number of nitrogens with zero attached hydrogens (tertiary/aromatic N) is 7. The zero-order valence-corrected chi connectivity index (χ0v) is 20.4. The Morgan fingerprint density at radius 1 is 1.08 bits per heavy atom. The molecular formula is C28H27N7O. The van der Waals surface area contributed by atoms with Crippen molar-refractivity contribution in [3.63, 3.8) is 0 Å². The van der Waals surface area contributed by atoms with E-state index in [2.05, 4.69) is 41.2 Å². The minimum absolute atomic E-state index is 0.466. The number of likely N-dealkylation sites (tertiary alicyclic amines) is 1. The number of piperidine rings is 1. The summed E-state index contributed by atoms with van der Waals surface area (Å²) in [7, 11) is 4.15. The van der Waals surface area contributed by atoms with Gasteiger partial charge in [0.15, 0.2) is 5.65 Å². The first-order valence-electron chi connectivity index (χ1n) is 12.2. The molecule has 0 spiro atoms. The Morgan fingerprint density at radius 3 is 2.72 bits per heavy atom. The number of benzene rings is 2.